The van der Waals surface area contributed by atoms with Crippen LogP contribution in [0.4, 0.5) is 0 Å². The van der Waals surface area contributed by atoms with Gasteiger partial charge >= 0.3 is 11.9 Å². The topological polar surface area (TPSA) is 61.8 Å². The fourth-order valence-corrected chi connectivity index (χ4v) is 6.80. The summed E-state index contributed by atoms with van der Waals surface area (Å²) in [5.74, 6) is -0.391. The van der Waals surface area contributed by atoms with Crippen LogP contribution in [0.25, 0.3) is 0 Å². The van der Waals surface area contributed by atoms with Gasteiger partial charge in [-0.3, -0.25) is 9.59 Å². The fraction of sp³-hybridized carbons (Fsp3) is 0.915. The second-order valence-electron chi connectivity index (χ2n) is 15.7. The molecule has 5 nitrogen and oxygen atoms in total. The Labute approximate surface area is 325 Å². The van der Waals surface area contributed by atoms with Gasteiger partial charge in [0.25, 0.3) is 0 Å². The van der Waals surface area contributed by atoms with Crippen LogP contribution in [0.15, 0.2) is 12.2 Å². The van der Waals surface area contributed by atoms with Gasteiger partial charge < -0.3 is 14.2 Å². The first-order valence-electron chi connectivity index (χ1n) is 23.2. The van der Waals surface area contributed by atoms with Gasteiger partial charge in [-0.25, -0.2) is 0 Å². The van der Waals surface area contributed by atoms with Gasteiger partial charge in [0.15, 0.2) is 6.10 Å². The summed E-state index contributed by atoms with van der Waals surface area (Å²) in [5.41, 5.74) is 0. The van der Waals surface area contributed by atoms with Gasteiger partial charge in [0, 0.05) is 19.4 Å². The number of esters is 2. The summed E-state index contributed by atoms with van der Waals surface area (Å²) < 4.78 is 17.3. The molecule has 0 fully saturated rings. The number of rotatable bonds is 43. The lowest BCUT2D eigenvalue weighted by atomic mass is 10.1. The van der Waals surface area contributed by atoms with Crippen LogP contribution in [0.1, 0.15) is 252 Å². The number of hydrogen-bond donors (Lipinski definition) is 0. The zero-order valence-corrected chi connectivity index (χ0v) is 35.4. The van der Waals surface area contributed by atoms with Crippen LogP contribution in [-0.4, -0.2) is 37.9 Å². The average molecular weight is 735 g/mol. The zero-order valence-electron chi connectivity index (χ0n) is 35.4. The maximum Gasteiger partial charge on any atom is 0.306 e. The molecule has 0 saturated carbocycles. The van der Waals surface area contributed by atoms with E-state index in [1.165, 1.54) is 186 Å². The van der Waals surface area contributed by atoms with Crippen LogP contribution in [-0.2, 0) is 23.8 Å². The molecule has 308 valence electrons. The van der Waals surface area contributed by atoms with Crippen LogP contribution < -0.4 is 0 Å². The molecular formula is C47H90O5. The van der Waals surface area contributed by atoms with Gasteiger partial charge in [0.2, 0.25) is 0 Å². The molecule has 5 heteroatoms. The molecule has 0 rings (SSSR count). The number of allylic oxidation sites excluding steroid dienone is 2. The highest BCUT2D eigenvalue weighted by atomic mass is 16.6. The first-order chi connectivity index (χ1) is 25.6. The molecule has 0 heterocycles. The van der Waals surface area contributed by atoms with Crippen LogP contribution >= 0.6 is 0 Å². The Morgan fingerprint density at radius 3 is 1.17 bits per heavy atom. The van der Waals surface area contributed by atoms with Gasteiger partial charge in [0.1, 0.15) is 6.61 Å². The second-order valence-corrected chi connectivity index (χ2v) is 15.7. The highest BCUT2D eigenvalue weighted by molar-refractivity contribution is 5.70. The fourth-order valence-electron chi connectivity index (χ4n) is 6.80. The summed E-state index contributed by atoms with van der Waals surface area (Å²) in [7, 11) is 0. The summed E-state index contributed by atoms with van der Waals surface area (Å²) in [4.78, 5) is 25.2. The van der Waals surface area contributed by atoms with Crippen molar-refractivity contribution >= 4 is 11.9 Å². The zero-order chi connectivity index (χ0) is 37.8. The maximum atomic E-state index is 12.6. The van der Waals surface area contributed by atoms with Crippen LogP contribution in [0.3, 0.4) is 0 Å². The largest absolute Gasteiger partial charge is 0.462 e. The summed E-state index contributed by atoms with van der Waals surface area (Å²) in [6.45, 7) is 7.84. The quantitative estimate of drug-likeness (QED) is 0.0355. The van der Waals surface area contributed by atoms with E-state index in [-0.39, 0.29) is 18.5 Å². The molecule has 0 aliphatic heterocycles. The SMILES string of the molecule is CCCCCCCC/C=C\CCCCCCCCCC(=O)OCC(COCCCCCCCCCCCC)OC(=O)CCCCCCCCCCC. The Morgan fingerprint density at radius 2 is 0.750 bits per heavy atom. The molecule has 0 aromatic heterocycles. The van der Waals surface area contributed by atoms with Gasteiger partial charge in [-0.05, 0) is 44.9 Å². The molecule has 0 aliphatic rings. The standard InChI is InChI=1S/C47H90O5/c1-4-7-10-13-16-19-21-22-23-24-25-26-27-29-31-34-37-40-46(48)51-44-45(43-50-42-39-36-33-30-20-17-14-11-8-5-2)52-47(49)41-38-35-32-28-18-15-12-9-6-3/h22-23,45H,4-21,24-44H2,1-3H3/b23-22-. The van der Waals surface area contributed by atoms with Crippen molar-refractivity contribution in [2.24, 2.45) is 0 Å². The highest BCUT2D eigenvalue weighted by Crippen LogP contribution is 2.14. The molecule has 0 aromatic rings. The van der Waals surface area contributed by atoms with E-state index >= 15 is 0 Å². The van der Waals surface area contributed by atoms with E-state index in [0.29, 0.717) is 26.1 Å². The van der Waals surface area contributed by atoms with Gasteiger partial charge in [-0.15, -0.1) is 0 Å². The summed E-state index contributed by atoms with van der Waals surface area (Å²) in [6, 6.07) is 0. The summed E-state index contributed by atoms with van der Waals surface area (Å²) in [5, 5.41) is 0. The normalized spacial score (nSPS) is 12.1. The first-order valence-corrected chi connectivity index (χ1v) is 23.2. The third kappa shape index (κ3) is 41.4. The Bertz CT molecular complexity index is 750. The van der Waals surface area contributed by atoms with E-state index in [1.807, 2.05) is 0 Å². The van der Waals surface area contributed by atoms with Crippen molar-refractivity contribution in [2.45, 2.75) is 258 Å². The Morgan fingerprint density at radius 1 is 0.404 bits per heavy atom. The van der Waals surface area contributed by atoms with E-state index < -0.39 is 6.10 Å². The predicted octanol–water partition coefficient (Wildman–Crippen LogP) is 15.1. The van der Waals surface area contributed by atoms with E-state index in [1.54, 1.807) is 0 Å². The van der Waals surface area contributed by atoms with E-state index in [9.17, 15) is 9.59 Å². The summed E-state index contributed by atoms with van der Waals surface area (Å²) in [6.07, 6.45) is 47.8. The van der Waals surface area contributed by atoms with E-state index in [0.717, 1.165) is 32.1 Å². The number of hydrogen-bond acceptors (Lipinski definition) is 5. The molecule has 0 amide bonds. The number of ether oxygens (including phenoxy) is 3. The smallest absolute Gasteiger partial charge is 0.306 e. The molecular weight excluding hydrogens is 645 g/mol. The molecule has 0 radical (unpaired) electrons. The monoisotopic (exact) mass is 735 g/mol. The van der Waals surface area contributed by atoms with E-state index in [2.05, 4.69) is 32.9 Å². The van der Waals surface area contributed by atoms with Crippen molar-refractivity contribution in [3.8, 4) is 0 Å². The third-order valence-electron chi connectivity index (χ3n) is 10.3. The average Bonchev–Trinajstić information content (AvgIpc) is 3.14. The molecule has 1 unspecified atom stereocenters. The van der Waals surface area contributed by atoms with Crippen molar-refractivity contribution < 1.29 is 23.8 Å². The maximum absolute atomic E-state index is 12.6. The minimum Gasteiger partial charge on any atom is -0.462 e. The molecule has 0 aromatic carbocycles. The lowest BCUT2D eigenvalue weighted by molar-refractivity contribution is -0.163. The van der Waals surface area contributed by atoms with Crippen molar-refractivity contribution in [3.63, 3.8) is 0 Å². The molecule has 0 N–H and O–H groups in total. The first kappa shape index (κ1) is 50.6. The van der Waals surface area contributed by atoms with Crippen LogP contribution in [0, 0.1) is 0 Å². The minimum atomic E-state index is -0.525. The molecule has 0 saturated heterocycles. The van der Waals surface area contributed by atoms with E-state index in [4.69, 9.17) is 14.2 Å². The Balaban J connectivity index is 4.13. The molecule has 1 atom stereocenters. The number of carbonyl (C=O) groups is 2. The lowest BCUT2D eigenvalue weighted by Gasteiger charge is -2.18. The van der Waals surface area contributed by atoms with Crippen LogP contribution in [0.5, 0.6) is 0 Å². The van der Waals surface area contributed by atoms with Gasteiger partial charge in [-0.2, -0.15) is 0 Å². The Hall–Kier alpha value is -1.36. The Kier molecular flexibility index (Phi) is 42.9. The van der Waals surface area contributed by atoms with Crippen LogP contribution in [0.2, 0.25) is 0 Å². The summed E-state index contributed by atoms with van der Waals surface area (Å²) >= 11 is 0. The molecule has 0 spiro atoms. The van der Waals surface area contributed by atoms with Crippen molar-refractivity contribution in [1.29, 1.82) is 0 Å². The lowest BCUT2D eigenvalue weighted by Crippen LogP contribution is -2.30. The number of unbranched alkanes of at least 4 members (excludes halogenated alkanes) is 30. The van der Waals surface area contributed by atoms with Gasteiger partial charge in [0.05, 0.1) is 6.61 Å². The predicted molar refractivity (Wildman–Crippen MR) is 224 cm³/mol. The van der Waals surface area contributed by atoms with Crippen molar-refractivity contribution in [2.75, 3.05) is 19.8 Å². The number of carbonyl (C=O) groups excluding carboxylic acids is 2. The minimum absolute atomic E-state index is 0.0910. The second kappa shape index (κ2) is 44.0. The van der Waals surface area contributed by atoms with Gasteiger partial charge in [-0.1, -0.05) is 206 Å². The highest BCUT2D eigenvalue weighted by Gasteiger charge is 2.17. The van der Waals surface area contributed by atoms with Crippen molar-refractivity contribution in [3.05, 3.63) is 12.2 Å². The third-order valence-corrected chi connectivity index (χ3v) is 10.3. The molecule has 0 bridgehead atoms. The molecule has 0 aliphatic carbocycles. The van der Waals surface area contributed by atoms with Crippen molar-refractivity contribution in [1.82, 2.24) is 0 Å². The molecule has 52 heavy (non-hydrogen) atoms.